The summed E-state index contributed by atoms with van der Waals surface area (Å²) in [6, 6.07) is 20.2. The summed E-state index contributed by atoms with van der Waals surface area (Å²) in [5, 5.41) is 2.32. The van der Waals surface area contributed by atoms with Crippen molar-refractivity contribution >= 4 is 40.5 Å². The third kappa shape index (κ3) is 8.75. The predicted molar refractivity (Wildman–Crippen MR) is 205 cm³/mol. The van der Waals surface area contributed by atoms with Gasteiger partial charge in [-0.3, -0.25) is 29.4 Å². The molecular weight excluding hydrogens is 704 g/mol. The molecule has 1 N–H and O–H groups in total. The Kier molecular flexibility index (Phi) is 11.3. The number of halogens is 2. The number of rotatable bonds is 13. The number of carbonyl (C=O) groups excluding carboxylic acids is 4. The lowest BCUT2D eigenvalue weighted by molar-refractivity contribution is -0.137. The average Bonchev–Trinajstić information content (AvgIpc) is 3.52. The van der Waals surface area contributed by atoms with Gasteiger partial charge in [-0.15, -0.1) is 0 Å². The number of alkyl halides is 2. The van der Waals surface area contributed by atoms with Crippen LogP contribution >= 0.6 is 0 Å². The monoisotopic (exact) mass is 749 g/mol. The normalized spacial score (nSPS) is 19.6. The Balaban J connectivity index is 0.886. The fourth-order valence-corrected chi connectivity index (χ4v) is 7.74. The lowest BCUT2D eigenvalue weighted by Crippen LogP contribution is -2.52. The molecule has 1 unspecified atom stereocenters. The van der Waals surface area contributed by atoms with E-state index in [1.54, 1.807) is 24.3 Å². The van der Waals surface area contributed by atoms with Crippen LogP contribution in [0.3, 0.4) is 0 Å². The third-order valence-corrected chi connectivity index (χ3v) is 10.7. The van der Waals surface area contributed by atoms with Crippen molar-refractivity contribution in [2.45, 2.75) is 64.0 Å². The van der Waals surface area contributed by atoms with E-state index in [0.717, 1.165) is 40.1 Å². The maximum atomic E-state index is 15.0. The molecule has 12 heteroatoms. The van der Waals surface area contributed by atoms with Gasteiger partial charge in [0.05, 0.1) is 17.8 Å². The second-order valence-corrected chi connectivity index (χ2v) is 14.4. The van der Waals surface area contributed by atoms with Gasteiger partial charge in [0, 0.05) is 45.4 Å². The Bertz CT molecular complexity index is 2040. The van der Waals surface area contributed by atoms with E-state index < -0.39 is 24.5 Å². The fourth-order valence-electron chi connectivity index (χ4n) is 7.74. The standard InChI is InChI=1S/C43H45F2N5O5/c1-2-34(29-7-4-3-5-8-29)40(30-9-13-32(51)14-10-30)31-11-15-33(16-12-31)55-28-43(44,45)21-6-22-48-23-25-49(26-24-48)38-19-17-35-36(46-38)27-50(42(35)54)37-18-20-39(52)47-41(37)53/h3-5,7-13,15-17,19,37H,2,6,14,18,20-28H2,1H3,(H,47,52,53)/b40-34-. The molecule has 1 aliphatic carbocycles. The van der Waals surface area contributed by atoms with Crippen molar-refractivity contribution in [3.63, 3.8) is 0 Å². The highest BCUT2D eigenvalue weighted by atomic mass is 19.3. The van der Waals surface area contributed by atoms with Crippen molar-refractivity contribution < 1.29 is 32.7 Å². The molecule has 1 aromatic heterocycles. The highest BCUT2D eigenvalue weighted by molar-refractivity contribution is 6.05. The first-order valence-corrected chi connectivity index (χ1v) is 19.0. The summed E-state index contributed by atoms with van der Waals surface area (Å²) < 4.78 is 35.6. The van der Waals surface area contributed by atoms with Crippen LogP contribution in [-0.4, -0.2) is 89.6 Å². The summed E-state index contributed by atoms with van der Waals surface area (Å²) in [5.74, 6) is -2.87. The lowest BCUT2D eigenvalue weighted by atomic mass is 9.86. The summed E-state index contributed by atoms with van der Waals surface area (Å²) in [5.41, 5.74) is 6.18. The van der Waals surface area contributed by atoms with Crippen molar-refractivity contribution in [3.05, 3.63) is 113 Å². The smallest absolute Gasteiger partial charge is 0.281 e. The van der Waals surface area contributed by atoms with Crippen LogP contribution < -0.4 is 15.0 Å². The minimum absolute atomic E-state index is 0.0562. The highest BCUT2D eigenvalue weighted by Crippen LogP contribution is 2.37. The molecule has 286 valence electrons. The van der Waals surface area contributed by atoms with Gasteiger partial charge in [0.15, 0.2) is 12.4 Å². The number of pyridine rings is 1. The molecular formula is C43H45F2N5O5. The molecule has 3 aliphatic heterocycles. The first kappa shape index (κ1) is 37.8. The van der Waals surface area contributed by atoms with E-state index in [0.29, 0.717) is 69.0 Å². The molecule has 0 saturated carbocycles. The number of benzene rings is 2. The quantitative estimate of drug-likeness (QED) is 0.162. The Morgan fingerprint density at radius 3 is 2.38 bits per heavy atom. The number of piperazine rings is 1. The molecule has 4 heterocycles. The van der Waals surface area contributed by atoms with E-state index in [-0.39, 0.29) is 37.0 Å². The molecule has 4 aliphatic rings. The number of ether oxygens (including phenoxy) is 1. The molecule has 2 aromatic carbocycles. The molecule has 3 amide bonds. The van der Waals surface area contributed by atoms with Gasteiger partial charge >= 0.3 is 0 Å². The molecule has 7 rings (SSSR count). The van der Waals surface area contributed by atoms with Crippen molar-refractivity contribution in [1.29, 1.82) is 0 Å². The number of nitrogens with zero attached hydrogens (tertiary/aromatic N) is 4. The Morgan fingerprint density at radius 1 is 0.927 bits per heavy atom. The van der Waals surface area contributed by atoms with Gasteiger partial charge in [0.1, 0.15) is 17.6 Å². The van der Waals surface area contributed by atoms with Gasteiger partial charge in [0.2, 0.25) is 11.8 Å². The zero-order valence-corrected chi connectivity index (χ0v) is 30.9. The molecule has 1 atom stereocenters. The molecule has 0 bridgehead atoms. The summed E-state index contributed by atoms with van der Waals surface area (Å²) in [7, 11) is 0. The maximum Gasteiger partial charge on any atom is 0.281 e. The lowest BCUT2D eigenvalue weighted by Gasteiger charge is -2.35. The van der Waals surface area contributed by atoms with Crippen LogP contribution in [-0.2, 0) is 20.9 Å². The van der Waals surface area contributed by atoms with Crippen LogP contribution in [0.4, 0.5) is 14.6 Å². The third-order valence-electron chi connectivity index (χ3n) is 10.7. The van der Waals surface area contributed by atoms with E-state index in [9.17, 15) is 19.2 Å². The van der Waals surface area contributed by atoms with E-state index in [4.69, 9.17) is 9.72 Å². The number of aromatic nitrogens is 1. The largest absolute Gasteiger partial charge is 0.487 e. The number of amides is 3. The Morgan fingerprint density at radius 2 is 1.69 bits per heavy atom. The number of carbonyl (C=O) groups is 4. The van der Waals surface area contributed by atoms with Crippen LogP contribution in [0.25, 0.3) is 11.1 Å². The second kappa shape index (κ2) is 16.5. The number of piperidine rings is 1. The maximum absolute atomic E-state index is 15.0. The van der Waals surface area contributed by atoms with Gasteiger partial charge in [-0.25, -0.2) is 13.8 Å². The molecule has 2 saturated heterocycles. The van der Waals surface area contributed by atoms with E-state index in [1.807, 2.05) is 48.6 Å². The predicted octanol–water partition coefficient (Wildman–Crippen LogP) is 6.24. The van der Waals surface area contributed by atoms with E-state index in [1.165, 1.54) is 4.90 Å². The number of nitrogens with one attached hydrogen (secondary N) is 1. The van der Waals surface area contributed by atoms with E-state index >= 15 is 8.78 Å². The van der Waals surface area contributed by atoms with Crippen LogP contribution in [0, 0.1) is 0 Å². The number of imide groups is 1. The summed E-state index contributed by atoms with van der Waals surface area (Å²) in [4.78, 5) is 59.4. The number of anilines is 1. The fraction of sp³-hybridized carbons (Fsp3) is 0.372. The van der Waals surface area contributed by atoms with Crippen molar-refractivity contribution in [2.24, 2.45) is 0 Å². The minimum atomic E-state index is -2.99. The van der Waals surface area contributed by atoms with Crippen molar-refractivity contribution in [3.8, 4) is 5.75 Å². The summed E-state index contributed by atoms with van der Waals surface area (Å²) in [6.45, 7) is 4.85. The first-order valence-electron chi connectivity index (χ1n) is 19.0. The number of ketones is 1. The number of hydrogen-bond donors (Lipinski definition) is 1. The van der Waals surface area contributed by atoms with Crippen LogP contribution in [0.5, 0.6) is 5.75 Å². The molecule has 0 spiro atoms. The second-order valence-electron chi connectivity index (χ2n) is 14.4. The number of fused-ring (bicyclic) bond motifs is 1. The minimum Gasteiger partial charge on any atom is -0.487 e. The zero-order valence-electron chi connectivity index (χ0n) is 30.9. The van der Waals surface area contributed by atoms with Gasteiger partial charge in [-0.1, -0.05) is 61.5 Å². The van der Waals surface area contributed by atoms with Gasteiger partial charge in [-0.05, 0) is 84.0 Å². The van der Waals surface area contributed by atoms with Gasteiger partial charge < -0.3 is 14.5 Å². The van der Waals surface area contributed by atoms with Gasteiger partial charge in [-0.2, -0.15) is 0 Å². The molecule has 55 heavy (non-hydrogen) atoms. The van der Waals surface area contributed by atoms with E-state index in [2.05, 4.69) is 34.2 Å². The molecule has 10 nitrogen and oxygen atoms in total. The number of allylic oxidation sites excluding steroid dienone is 6. The molecule has 2 fully saturated rings. The molecule has 0 radical (unpaired) electrons. The molecule has 3 aromatic rings. The summed E-state index contributed by atoms with van der Waals surface area (Å²) >= 11 is 0. The zero-order chi connectivity index (χ0) is 38.5. The Labute approximate surface area is 319 Å². The van der Waals surface area contributed by atoms with Crippen molar-refractivity contribution in [2.75, 3.05) is 44.2 Å². The highest BCUT2D eigenvalue weighted by Gasteiger charge is 2.40. The average molecular weight is 750 g/mol. The van der Waals surface area contributed by atoms with Gasteiger partial charge in [0.25, 0.3) is 11.8 Å². The van der Waals surface area contributed by atoms with Crippen LogP contribution in [0.2, 0.25) is 0 Å². The van der Waals surface area contributed by atoms with Crippen molar-refractivity contribution in [1.82, 2.24) is 20.1 Å². The van der Waals surface area contributed by atoms with Crippen LogP contribution in [0.1, 0.15) is 72.6 Å². The first-order chi connectivity index (χ1) is 26.6. The Hall–Kier alpha value is -5.49. The van der Waals surface area contributed by atoms with Crippen LogP contribution in [0.15, 0.2) is 90.5 Å². The summed E-state index contributed by atoms with van der Waals surface area (Å²) in [6.07, 6.45) is 7.01. The number of hydrogen-bond acceptors (Lipinski definition) is 8. The SMILES string of the molecule is CC/C(=C(\C1=CCC(=O)C=C1)c1ccc(OCC(F)(F)CCCN2CCN(c3ccc4c(n3)CN(C3CCC(=O)NC3=O)C4=O)CC2)cc1)c1ccccc1. The topological polar surface area (TPSA) is 112 Å².